The Bertz CT molecular complexity index is 745. The van der Waals surface area contributed by atoms with E-state index >= 15 is 0 Å². The zero-order valence-electron chi connectivity index (χ0n) is 12.6. The van der Waals surface area contributed by atoms with Crippen molar-refractivity contribution in [3.05, 3.63) is 65.5 Å². The molecule has 4 nitrogen and oxygen atoms in total. The predicted molar refractivity (Wildman–Crippen MR) is 85.6 cm³/mol. The monoisotopic (exact) mass is 312 g/mol. The summed E-state index contributed by atoms with van der Waals surface area (Å²) in [6, 6.07) is 13.3. The van der Waals surface area contributed by atoms with Crippen molar-refractivity contribution in [2.45, 2.75) is 19.4 Å². The molecule has 0 spiro atoms. The summed E-state index contributed by atoms with van der Waals surface area (Å²) in [6.07, 6.45) is 1.30. The van der Waals surface area contributed by atoms with Crippen LogP contribution in [0, 0.1) is 5.82 Å². The van der Waals surface area contributed by atoms with Gasteiger partial charge in [0.15, 0.2) is 0 Å². The van der Waals surface area contributed by atoms with Gasteiger partial charge in [0.25, 0.3) is 5.91 Å². The van der Waals surface area contributed by atoms with Gasteiger partial charge in [-0.25, -0.2) is 4.39 Å². The van der Waals surface area contributed by atoms with Gasteiger partial charge in [0.1, 0.15) is 5.82 Å². The van der Waals surface area contributed by atoms with E-state index in [1.807, 2.05) is 0 Å². The minimum Gasteiger partial charge on any atom is -0.348 e. The average Bonchev–Trinajstić information content (AvgIpc) is 3.00. The smallest absolute Gasteiger partial charge is 0.253 e. The Balaban J connectivity index is 1.78. The van der Waals surface area contributed by atoms with Gasteiger partial charge < -0.3 is 10.2 Å². The number of para-hydroxylation sites is 1. The Morgan fingerprint density at radius 1 is 1.13 bits per heavy atom. The molecule has 1 saturated heterocycles. The number of carbonyl (C=O) groups excluding carboxylic acids is 2. The van der Waals surface area contributed by atoms with Crippen molar-refractivity contribution in [2.75, 3.05) is 11.4 Å². The molecule has 1 aliphatic rings. The van der Waals surface area contributed by atoms with E-state index in [4.69, 9.17) is 0 Å². The first kappa shape index (κ1) is 15.2. The molecule has 0 bridgehead atoms. The van der Waals surface area contributed by atoms with Crippen LogP contribution < -0.4 is 10.2 Å². The molecule has 5 heteroatoms. The fourth-order valence-corrected chi connectivity index (χ4v) is 2.72. The Morgan fingerprint density at radius 2 is 1.87 bits per heavy atom. The van der Waals surface area contributed by atoms with Crippen molar-refractivity contribution >= 4 is 17.5 Å². The number of hydrogen-bond donors (Lipinski definition) is 1. The number of amides is 2. The summed E-state index contributed by atoms with van der Waals surface area (Å²) in [7, 11) is 0. The number of halogens is 1. The molecule has 0 unspecified atom stereocenters. The molecule has 2 aromatic carbocycles. The molecule has 0 radical (unpaired) electrons. The molecule has 2 amide bonds. The van der Waals surface area contributed by atoms with Crippen molar-refractivity contribution in [1.82, 2.24) is 5.32 Å². The molecule has 3 rings (SSSR count). The summed E-state index contributed by atoms with van der Waals surface area (Å²) in [6.45, 7) is 0.726. The number of carbonyl (C=O) groups is 2. The SMILES string of the molecule is O=C(NCc1ccccc1F)c1ccccc1N1CCCC1=O. The second-order valence-electron chi connectivity index (χ2n) is 5.44. The lowest BCUT2D eigenvalue weighted by Gasteiger charge is -2.19. The van der Waals surface area contributed by atoms with Gasteiger partial charge in [-0.15, -0.1) is 0 Å². The van der Waals surface area contributed by atoms with E-state index in [9.17, 15) is 14.0 Å². The van der Waals surface area contributed by atoms with Gasteiger partial charge in [-0.2, -0.15) is 0 Å². The van der Waals surface area contributed by atoms with E-state index in [-0.39, 0.29) is 24.2 Å². The summed E-state index contributed by atoms with van der Waals surface area (Å²) in [5.41, 5.74) is 1.47. The lowest BCUT2D eigenvalue weighted by Crippen LogP contribution is -2.29. The minimum absolute atomic E-state index is 0.0272. The fraction of sp³-hybridized carbons (Fsp3) is 0.222. The third-order valence-corrected chi connectivity index (χ3v) is 3.91. The molecule has 1 aliphatic heterocycles. The zero-order valence-corrected chi connectivity index (χ0v) is 12.6. The first-order valence-electron chi connectivity index (χ1n) is 7.58. The third kappa shape index (κ3) is 3.23. The van der Waals surface area contributed by atoms with Gasteiger partial charge in [0.05, 0.1) is 11.3 Å². The quantitative estimate of drug-likeness (QED) is 0.944. The molecular weight excluding hydrogens is 295 g/mol. The first-order chi connectivity index (χ1) is 11.2. The topological polar surface area (TPSA) is 49.4 Å². The molecule has 1 fully saturated rings. The molecule has 118 valence electrons. The van der Waals surface area contributed by atoms with Crippen LogP contribution in [0.25, 0.3) is 0 Å². The highest BCUT2D eigenvalue weighted by molar-refractivity contribution is 6.05. The average molecular weight is 312 g/mol. The van der Waals surface area contributed by atoms with Crippen LogP contribution in [-0.2, 0) is 11.3 Å². The zero-order chi connectivity index (χ0) is 16.2. The van der Waals surface area contributed by atoms with Crippen LogP contribution in [0.5, 0.6) is 0 Å². The van der Waals surface area contributed by atoms with E-state index in [2.05, 4.69) is 5.32 Å². The second kappa shape index (κ2) is 6.60. The van der Waals surface area contributed by atoms with Crippen molar-refractivity contribution in [2.24, 2.45) is 0 Å². The molecular formula is C18H17FN2O2. The van der Waals surface area contributed by atoms with Crippen molar-refractivity contribution < 1.29 is 14.0 Å². The lowest BCUT2D eigenvalue weighted by molar-refractivity contribution is -0.117. The van der Waals surface area contributed by atoms with E-state index < -0.39 is 0 Å². The lowest BCUT2D eigenvalue weighted by atomic mass is 10.1. The van der Waals surface area contributed by atoms with Gasteiger partial charge >= 0.3 is 0 Å². The van der Waals surface area contributed by atoms with Gasteiger partial charge in [0.2, 0.25) is 5.91 Å². The fourth-order valence-electron chi connectivity index (χ4n) is 2.72. The van der Waals surface area contributed by atoms with Gasteiger partial charge in [0, 0.05) is 25.1 Å². The maximum Gasteiger partial charge on any atom is 0.253 e. The number of anilines is 1. The highest BCUT2D eigenvalue weighted by atomic mass is 19.1. The van der Waals surface area contributed by atoms with E-state index in [0.29, 0.717) is 29.8 Å². The van der Waals surface area contributed by atoms with Crippen LogP contribution in [0.4, 0.5) is 10.1 Å². The standard InChI is InChI=1S/C18H17FN2O2/c19-15-8-3-1-6-13(15)12-20-18(23)14-7-2-4-9-16(14)21-11-5-10-17(21)22/h1-4,6-9H,5,10-12H2,(H,20,23). The predicted octanol–water partition coefficient (Wildman–Crippen LogP) is 2.88. The Morgan fingerprint density at radius 3 is 2.61 bits per heavy atom. The summed E-state index contributed by atoms with van der Waals surface area (Å²) in [4.78, 5) is 26.0. The summed E-state index contributed by atoms with van der Waals surface area (Å²) in [5.74, 6) is -0.640. The van der Waals surface area contributed by atoms with Crippen LogP contribution in [0.2, 0.25) is 0 Å². The molecule has 0 atom stereocenters. The molecule has 1 heterocycles. The summed E-state index contributed by atoms with van der Waals surface area (Å²) < 4.78 is 13.6. The van der Waals surface area contributed by atoms with E-state index in [1.54, 1.807) is 47.4 Å². The highest BCUT2D eigenvalue weighted by Gasteiger charge is 2.25. The van der Waals surface area contributed by atoms with Crippen LogP contribution in [0.1, 0.15) is 28.8 Å². The number of hydrogen-bond acceptors (Lipinski definition) is 2. The van der Waals surface area contributed by atoms with Crippen molar-refractivity contribution in [1.29, 1.82) is 0 Å². The molecule has 23 heavy (non-hydrogen) atoms. The largest absolute Gasteiger partial charge is 0.348 e. The van der Waals surface area contributed by atoms with Crippen LogP contribution in [-0.4, -0.2) is 18.4 Å². The molecule has 0 aliphatic carbocycles. The Kier molecular flexibility index (Phi) is 4.37. The van der Waals surface area contributed by atoms with Crippen LogP contribution in [0.3, 0.4) is 0 Å². The second-order valence-corrected chi connectivity index (χ2v) is 5.44. The molecule has 2 aromatic rings. The van der Waals surface area contributed by atoms with Gasteiger partial charge in [-0.1, -0.05) is 30.3 Å². The number of nitrogens with zero attached hydrogens (tertiary/aromatic N) is 1. The first-order valence-corrected chi connectivity index (χ1v) is 7.58. The maximum absolute atomic E-state index is 13.6. The van der Waals surface area contributed by atoms with Gasteiger partial charge in [-0.3, -0.25) is 9.59 Å². The van der Waals surface area contributed by atoms with Gasteiger partial charge in [-0.05, 0) is 24.6 Å². The minimum atomic E-state index is -0.351. The van der Waals surface area contributed by atoms with Crippen molar-refractivity contribution in [3.8, 4) is 0 Å². The highest BCUT2D eigenvalue weighted by Crippen LogP contribution is 2.25. The van der Waals surface area contributed by atoms with E-state index in [0.717, 1.165) is 6.42 Å². The molecule has 1 N–H and O–H groups in total. The maximum atomic E-state index is 13.6. The molecule has 0 saturated carbocycles. The summed E-state index contributed by atoms with van der Waals surface area (Å²) in [5, 5.41) is 2.72. The Labute approximate surface area is 133 Å². The van der Waals surface area contributed by atoms with E-state index in [1.165, 1.54) is 6.07 Å². The van der Waals surface area contributed by atoms with Crippen LogP contribution >= 0.6 is 0 Å². The Hall–Kier alpha value is -2.69. The number of nitrogens with one attached hydrogen (secondary N) is 1. The molecule has 0 aromatic heterocycles. The number of rotatable bonds is 4. The number of benzene rings is 2. The third-order valence-electron chi connectivity index (χ3n) is 3.91. The van der Waals surface area contributed by atoms with Crippen molar-refractivity contribution in [3.63, 3.8) is 0 Å². The normalized spacial score (nSPS) is 14.1. The van der Waals surface area contributed by atoms with Crippen LogP contribution in [0.15, 0.2) is 48.5 Å². The summed E-state index contributed by atoms with van der Waals surface area (Å²) >= 11 is 0.